The summed E-state index contributed by atoms with van der Waals surface area (Å²) in [4.78, 5) is 24.6. The summed E-state index contributed by atoms with van der Waals surface area (Å²) in [7, 11) is -4.32. The van der Waals surface area contributed by atoms with E-state index in [2.05, 4.69) is 5.32 Å². The number of carbonyl (C=O) groups is 2. The van der Waals surface area contributed by atoms with Crippen molar-refractivity contribution in [2.45, 2.75) is 4.90 Å². The highest BCUT2D eigenvalue weighted by Crippen LogP contribution is 2.28. The minimum Gasteiger partial charge on any atom is -0.395 e. The molecule has 130 valence electrons. The normalized spacial score (nSPS) is 15.0. The van der Waals surface area contributed by atoms with Gasteiger partial charge in [-0.2, -0.15) is 8.42 Å². The van der Waals surface area contributed by atoms with E-state index in [0.29, 0.717) is 16.5 Å². The molecule has 0 saturated heterocycles. The maximum atomic E-state index is 12.2. The highest BCUT2D eigenvalue weighted by molar-refractivity contribution is 7.85. The van der Waals surface area contributed by atoms with Gasteiger partial charge in [0.2, 0.25) is 0 Å². The van der Waals surface area contributed by atoms with Gasteiger partial charge >= 0.3 is 0 Å². The number of carbonyl (C=O) groups excluding carboxylic acids is 2. The van der Waals surface area contributed by atoms with Crippen molar-refractivity contribution >= 4 is 38.4 Å². The van der Waals surface area contributed by atoms with Gasteiger partial charge in [0.1, 0.15) is 5.70 Å². The fraction of sp³-hybridized carbons (Fsp3) is 0.125. The molecule has 0 bridgehead atoms. The standard InChI is InChI=1S/C16H14N2O6S/c19-7-6-18-15(20)9-14(16(18)21)17-13-3-1-2-10-8-11(25(22,23)24)4-5-12(10)13/h1-5,8-9,17,19H,6-7H2,(H,22,23,24). The van der Waals surface area contributed by atoms with Gasteiger partial charge in [-0.1, -0.05) is 18.2 Å². The SMILES string of the molecule is O=C1C=C(Nc2cccc3cc(S(=O)(=O)O)ccc23)C(=O)N1CCO. The van der Waals surface area contributed by atoms with E-state index in [1.165, 1.54) is 18.2 Å². The Morgan fingerprint density at radius 3 is 2.56 bits per heavy atom. The molecule has 0 fully saturated rings. The highest BCUT2D eigenvalue weighted by atomic mass is 32.2. The quantitative estimate of drug-likeness (QED) is 0.529. The van der Waals surface area contributed by atoms with E-state index in [1.54, 1.807) is 18.2 Å². The lowest BCUT2D eigenvalue weighted by Gasteiger charge is -2.14. The molecular weight excluding hydrogens is 348 g/mol. The van der Waals surface area contributed by atoms with Crippen molar-refractivity contribution in [3.63, 3.8) is 0 Å². The topological polar surface area (TPSA) is 124 Å². The average Bonchev–Trinajstić information content (AvgIpc) is 2.82. The first-order valence-electron chi connectivity index (χ1n) is 7.27. The Morgan fingerprint density at radius 2 is 1.88 bits per heavy atom. The van der Waals surface area contributed by atoms with Crippen molar-refractivity contribution in [2.24, 2.45) is 0 Å². The predicted molar refractivity (Wildman–Crippen MR) is 89.3 cm³/mol. The zero-order valence-electron chi connectivity index (χ0n) is 12.8. The van der Waals surface area contributed by atoms with Crippen LogP contribution < -0.4 is 5.32 Å². The summed E-state index contributed by atoms with van der Waals surface area (Å²) >= 11 is 0. The van der Waals surface area contributed by atoms with Crippen molar-refractivity contribution < 1.29 is 27.7 Å². The number of rotatable bonds is 5. The first kappa shape index (κ1) is 17.1. The third-order valence-electron chi connectivity index (χ3n) is 3.75. The Kier molecular flexibility index (Phi) is 4.29. The van der Waals surface area contributed by atoms with Crippen LogP contribution in [0, 0.1) is 0 Å². The van der Waals surface area contributed by atoms with Crippen LogP contribution in [0.15, 0.2) is 53.1 Å². The van der Waals surface area contributed by atoms with E-state index in [4.69, 9.17) is 9.66 Å². The van der Waals surface area contributed by atoms with Crippen LogP contribution in [0.3, 0.4) is 0 Å². The van der Waals surface area contributed by atoms with Crippen LogP contribution in [0.25, 0.3) is 10.8 Å². The second-order valence-corrected chi connectivity index (χ2v) is 6.79. The molecule has 3 N–H and O–H groups in total. The lowest BCUT2D eigenvalue weighted by molar-refractivity contribution is -0.137. The molecule has 2 aromatic carbocycles. The number of nitrogens with one attached hydrogen (secondary N) is 1. The molecular formula is C16H14N2O6S. The number of aliphatic hydroxyl groups is 1. The third-order valence-corrected chi connectivity index (χ3v) is 4.60. The molecule has 0 unspecified atom stereocenters. The zero-order chi connectivity index (χ0) is 18.2. The van der Waals surface area contributed by atoms with Gasteiger partial charge < -0.3 is 10.4 Å². The third kappa shape index (κ3) is 3.25. The molecule has 1 aliphatic heterocycles. The van der Waals surface area contributed by atoms with Gasteiger partial charge in [-0.3, -0.25) is 19.0 Å². The highest BCUT2D eigenvalue weighted by Gasteiger charge is 2.30. The van der Waals surface area contributed by atoms with Gasteiger partial charge in [-0.05, 0) is 23.6 Å². The van der Waals surface area contributed by atoms with Gasteiger partial charge in [0.15, 0.2) is 0 Å². The van der Waals surface area contributed by atoms with E-state index in [1.807, 2.05) is 0 Å². The van der Waals surface area contributed by atoms with E-state index < -0.39 is 21.9 Å². The molecule has 1 heterocycles. The minimum absolute atomic E-state index is 0.0600. The van der Waals surface area contributed by atoms with Gasteiger partial charge in [-0.15, -0.1) is 0 Å². The second-order valence-electron chi connectivity index (χ2n) is 5.37. The first-order chi connectivity index (χ1) is 11.8. The maximum Gasteiger partial charge on any atom is 0.294 e. The minimum atomic E-state index is -4.32. The molecule has 1 aliphatic rings. The Balaban J connectivity index is 1.96. The molecule has 0 spiro atoms. The van der Waals surface area contributed by atoms with Crippen LogP contribution in [0.2, 0.25) is 0 Å². The molecule has 3 rings (SSSR count). The number of aliphatic hydroxyl groups excluding tert-OH is 1. The number of β-amino-alcohol motifs (C(OH)–C–C–N with tert-alkyl or cyclic N) is 1. The number of hydrogen-bond donors (Lipinski definition) is 3. The molecule has 0 atom stereocenters. The molecule has 2 aromatic rings. The zero-order valence-corrected chi connectivity index (χ0v) is 13.7. The number of fused-ring (bicyclic) bond motifs is 1. The summed E-state index contributed by atoms with van der Waals surface area (Å²) in [5.41, 5.74) is 0.558. The van der Waals surface area contributed by atoms with Crippen LogP contribution in [-0.2, 0) is 19.7 Å². The number of amides is 2. The summed E-state index contributed by atoms with van der Waals surface area (Å²) in [5.74, 6) is -1.07. The van der Waals surface area contributed by atoms with Crippen LogP contribution in [-0.4, -0.2) is 47.9 Å². The number of nitrogens with zero attached hydrogens (tertiary/aromatic N) is 1. The van der Waals surface area contributed by atoms with Crippen LogP contribution in [0.5, 0.6) is 0 Å². The molecule has 0 aliphatic carbocycles. The van der Waals surface area contributed by atoms with Crippen molar-refractivity contribution in [3.8, 4) is 0 Å². The Labute approximate surface area is 143 Å². The summed E-state index contributed by atoms with van der Waals surface area (Å²) in [6.45, 7) is -0.419. The second kappa shape index (κ2) is 6.28. The van der Waals surface area contributed by atoms with Gasteiger partial charge in [0.05, 0.1) is 18.0 Å². The molecule has 25 heavy (non-hydrogen) atoms. The van der Waals surface area contributed by atoms with E-state index in [-0.39, 0.29) is 23.7 Å². The van der Waals surface area contributed by atoms with Crippen LogP contribution in [0.1, 0.15) is 0 Å². The lowest BCUT2D eigenvalue weighted by Crippen LogP contribution is -2.34. The Morgan fingerprint density at radius 1 is 1.12 bits per heavy atom. The van der Waals surface area contributed by atoms with Crippen molar-refractivity contribution in [2.75, 3.05) is 18.5 Å². The van der Waals surface area contributed by atoms with E-state index in [0.717, 1.165) is 11.0 Å². The van der Waals surface area contributed by atoms with Crippen molar-refractivity contribution in [3.05, 3.63) is 48.2 Å². The number of benzene rings is 2. The van der Waals surface area contributed by atoms with Gasteiger partial charge in [0.25, 0.3) is 21.9 Å². The smallest absolute Gasteiger partial charge is 0.294 e. The maximum absolute atomic E-state index is 12.2. The fourth-order valence-electron chi connectivity index (χ4n) is 2.59. The molecule has 0 aromatic heterocycles. The lowest BCUT2D eigenvalue weighted by atomic mass is 10.1. The predicted octanol–water partition coefficient (Wildman–Crippen LogP) is 0.743. The van der Waals surface area contributed by atoms with Gasteiger partial charge in [-0.25, -0.2) is 0 Å². The van der Waals surface area contributed by atoms with Crippen LogP contribution >= 0.6 is 0 Å². The number of anilines is 1. The number of imide groups is 1. The monoisotopic (exact) mass is 362 g/mol. The largest absolute Gasteiger partial charge is 0.395 e. The molecule has 0 radical (unpaired) electrons. The summed E-state index contributed by atoms with van der Waals surface area (Å²) in [5, 5.41) is 12.9. The van der Waals surface area contributed by atoms with Crippen molar-refractivity contribution in [1.29, 1.82) is 0 Å². The molecule has 9 heteroatoms. The Hall–Kier alpha value is -2.75. The van der Waals surface area contributed by atoms with Crippen molar-refractivity contribution in [1.82, 2.24) is 4.90 Å². The summed E-state index contributed by atoms with van der Waals surface area (Å²) < 4.78 is 31.6. The van der Waals surface area contributed by atoms with E-state index >= 15 is 0 Å². The Bertz CT molecular complexity index is 1010. The average molecular weight is 362 g/mol. The summed E-state index contributed by atoms with van der Waals surface area (Å²) in [6.07, 6.45) is 1.14. The summed E-state index contributed by atoms with van der Waals surface area (Å²) in [6, 6.07) is 9.02. The number of hydrogen-bond acceptors (Lipinski definition) is 6. The molecule has 8 nitrogen and oxygen atoms in total. The first-order valence-corrected chi connectivity index (χ1v) is 8.71. The molecule has 0 saturated carbocycles. The molecule has 2 amide bonds. The van der Waals surface area contributed by atoms with E-state index in [9.17, 15) is 18.0 Å². The van der Waals surface area contributed by atoms with Crippen LogP contribution in [0.4, 0.5) is 5.69 Å². The fourth-order valence-corrected chi connectivity index (χ4v) is 3.10. The van der Waals surface area contributed by atoms with Gasteiger partial charge in [0, 0.05) is 17.1 Å².